The molecule has 1 amide bonds. The molecule has 0 aromatic carbocycles. The third kappa shape index (κ3) is 3.48. The highest BCUT2D eigenvalue weighted by Gasteiger charge is 2.15. The fourth-order valence-corrected chi connectivity index (χ4v) is 2.39. The zero-order chi connectivity index (χ0) is 10.5. The number of hydrogen-bond donors (Lipinski definition) is 2. The van der Waals surface area contributed by atoms with Gasteiger partial charge in [0.05, 0.1) is 13.1 Å². The number of thioether (sulfide) groups is 1. The maximum absolute atomic E-state index is 11.6. The second kappa shape index (κ2) is 5.48. The first-order valence-electron chi connectivity index (χ1n) is 5.25. The summed E-state index contributed by atoms with van der Waals surface area (Å²) in [5.41, 5.74) is 0. The molecule has 1 saturated heterocycles. The highest BCUT2D eigenvalue weighted by molar-refractivity contribution is 8.14. The molecule has 2 N–H and O–H groups in total. The lowest BCUT2D eigenvalue weighted by Crippen LogP contribution is -2.48. The number of rotatable bonds is 2. The van der Waals surface area contributed by atoms with Crippen molar-refractivity contribution in [3.8, 4) is 0 Å². The SMILES string of the molecule is O=C(CN1CCNCC1)NC1=NCCS1. The molecule has 2 rings (SSSR count). The molecule has 0 bridgehead atoms. The van der Waals surface area contributed by atoms with Crippen LogP contribution in [-0.2, 0) is 4.79 Å². The monoisotopic (exact) mass is 228 g/mol. The van der Waals surface area contributed by atoms with Gasteiger partial charge in [0.2, 0.25) is 5.91 Å². The maximum atomic E-state index is 11.6. The Morgan fingerprint density at radius 1 is 1.53 bits per heavy atom. The van der Waals surface area contributed by atoms with Gasteiger partial charge in [0.1, 0.15) is 0 Å². The van der Waals surface area contributed by atoms with Gasteiger partial charge in [-0.2, -0.15) is 0 Å². The molecule has 0 aromatic rings. The van der Waals surface area contributed by atoms with Crippen LogP contribution in [0.5, 0.6) is 0 Å². The number of nitrogens with zero attached hydrogens (tertiary/aromatic N) is 2. The van der Waals surface area contributed by atoms with Crippen LogP contribution in [0.25, 0.3) is 0 Å². The first kappa shape index (κ1) is 10.9. The molecule has 0 unspecified atom stereocenters. The number of aliphatic imine (C=N–C) groups is 1. The summed E-state index contributed by atoms with van der Waals surface area (Å²) < 4.78 is 0. The summed E-state index contributed by atoms with van der Waals surface area (Å²) in [4.78, 5) is 17.9. The van der Waals surface area contributed by atoms with Crippen LogP contribution in [-0.4, -0.2) is 61.0 Å². The number of amides is 1. The molecular weight excluding hydrogens is 212 g/mol. The van der Waals surface area contributed by atoms with E-state index < -0.39 is 0 Å². The van der Waals surface area contributed by atoms with E-state index in [1.165, 1.54) is 0 Å². The number of piperazine rings is 1. The smallest absolute Gasteiger partial charge is 0.240 e. The Kier molecular flexibility index (Phi) is 3.99. The number of amidine groups is 1. The summed E-state index contributed by atoms with van der Waals surface area (Å²) in [6.07, 6.45) is 0. The average molecular weight is 228 g/mol. The summed E-state index contributed by atoms with van der Waals surface area (Å²) >= 11 is 1.62. The Balaban J connectivity index is 1.71. The lowest BCUT2D eigenvalue weighted by Gasteiger charge is -2.26. The van der Waals surface area contributed by atoms with E-state index in [9.17, 15) is 4.79 Å². The van der Waals surface area contributed by atoms with Gasteiger partial charge in [-0.15, -0.1) is 0 Å². The van der Waals surface area contributed by atoms with Crippen molar-refractivity contribution >= 4 is 22.8 Å². The summed E-state index contributed by atoms with van der Waals surface area (Å²) in [6, 6.07) is 0. The Morgan fingerprint density at radius 2 is 2.33 bits per heavy atom. The minimum absolute atomic E-state index is 0.0602. The molecule has 15 heavy (non-hydrogen) atoms. The molecule has 1 fully saturated rings. The van der Waals surface area contributed by atoms with Gasteiger partial charge in [0.25, 0.3) is 0 Å². The summed E-state index contributed by atoms with van der Waals surface area (Å²) in [5, 5.41) is 6.89. The van der Waals surface area contributed by atoms with E-state index >= 15 is 0 Å². The Hall–Kier alpha value is -0.590. The average Bonchev–Trinajstić information content (AvgIpc) is 2.71. The molecule has 0 spiro atoms. The molecule has 0 aliphatic carbocycles. The van der Waals surface area contributed by atoms with E-state index in [1.807, 2.05) is 0 Å². The van der Waals surface area contributed by atoms with Crippen LogP contribution >= 0.6 is 11.8 Å². The van der Waals surface area contributed by atoms with Crippen molar-refractivity contribution in [1.82, 2.24) is 15.5 Å². The molecule has 0 aromatic heterocycles. The Bertz CT molecular complexity index is 263. The van der Waals surface area contributed by atoms with Gasteiger partial charge in [-0.05, 0) is 0 Å². The molecule has 0 atom stereocenters. The van der Waals surface area contributed by atoms with Crippen LogP contribution < -0.4 is 10.6 Å². The van der Waals surface area contributed by atoms with Crippen LogP contribution in [0.3, 0.4) is 0 Å². The van der Waals surface area contributed by atoms with Crippen LogP contribution in [0, 0.1) is 0 Å². The van der Waals surface area contributed by atoms with Crippen molar-refractivity contribution in [3.05, 3.63) is 0 Å². The second-order valence-electron chi connectivity index (χ2n) is 3.61. The number of carbonyl (C=O) groups excluding carboxylic acids is 1. The molecule has 2 aliphatic heterocycles. The third-order valence-electron chi connectivity index (χ3n) is 2.41. The van der Waals surface area contributed by atoms with E-state index in [0.29, 0.717) is 6.54 Å². The largest absolute Gasteiger partial charge is 0.314 e. The predicted molar refractivity (Wildman–Crippen MR) is 62.2 cm³/mol. The van der Waals surface area contributed by atoms with Crippen molar-refractivity contribution in [2.24, 2.45) is 4.99 Å². The fraction of sp³-hybridized carbons (Fsp3) is 0.778. The lowest BCUT2D eigenvalue weighted by atomic mass is 10.3. The first-order valence-corrected chi connectivity index (χ1v) is 6.23. The van der Waals surface area contributed by atoms with E-state index in [-0.39, 0.29) is 5.91 Å². The van der Waals surface area contributed by atoms with Gasteiger partial charge in [0.15, 0.2) is 5.17 Å². The fourth-order valence-electron chi connectivity index (χ4n) is 1.64. The highest BCUT2D eigenvalue weighted by Crippen LogP contribution is 2.08. The zero-order valence-corrected chi connectivity index (χ0v) is 9.48. The number of hydrogen-bond acceptors (Lipinski definition) is 5. The van der Waals surface area contributed by atoms with E-state index in [0.717, 1.165) is 43.6 Å². The standard InChI is InChI=1S/C9H16N4OS/c14-8(12-9-11-3-6-15-9)7-13-4-1-10-2-5-13/h10H,1-7H2,(H,11,12,14). The Morgan fingerprint density at radius 3 is 3.00 bits per heavy atom. The van der Waals surface area contributed by atoms with Crippen molar-refractivity contribution in [2.45, 2.75) is 0 Å². The van der Waals surface area contributed by atoms with Gasteiger partial charge in [0, 0.05) is 31.9 Å². The van der Waals surface area contributed by atoms with Crippen molar-refractivity contribution < 1.29 is 4.79 Å². The number of nitrogens with one attached hydrogen (secondary N) is 2. The molecule has 5 nitrogen and oxygen atoms in total. The van der Waals surface area contributed by atoms with Crippen LogP contribution in [0.15, 0.2) is 4.99 Å². The van der Waals surface area contributed by atoms with E-state index in [1.54, 1.807) is 11.8 Å². The maximum Gasteiger partial charge on any atom is 0.240 e. The minimum Gasteiger partial charge on any atom is -0.314 e. The molecule has 84 valence electrons. The van der Waals surface area contributed by atoms with Gasteiger partial charge < -0.3 is 10.6 Å². The molecular formula is C9H16N4OS. The Labute approximate surface area is 93.7 Å². The topological polar surface area (TPSA) is 56.7 Å². The van der Waals surface area contributed by atoms with Crippen molar-refractivity contribution in [2.75, 3.05) is 45.0 Å². The van der Waals surface area contributed by atoms with Gasteiger partial charge in [-0.1, -0.05) is 11.8 Å². The van der Waals surface area contributed by atoms with E-state index in [2.05, 4.69) is 20.5 Å². The molecule has 0 radical (unpaired) electrons. The highest BCUT2D eigenvalue weighted by atomic mass is 32.2. The van der Waals surface area contributed by atoms with Gasteiger partial charge in [-0.25, -0.2) is 0 Å². The summed E-state index contributed by atoms with van der Waals surface area (Å²) in [5.74, 6) is 1.05. The quantitative estimate of drug-likeness (QED) is 0.644. The normalized spacial score (nSPS) is 22.5. The van der Waals surface area contributed by atoms with Gasteiger partial charge in [-0.3, -0.25) is 14.7 Å². The number of carbonyl (C=O) groups is 1. The predicted octanol–water partition coefficient (Wildman–Crippen LogP) is -0.889. The summed E-state index contributed by atoms with van der Waals surface area (Å²) in [7, 11) is 0. The molecule has 0 saturated carbocycles. The first-order chi connectivity index (χ1) is 7.34. The minimum atomic E-state index is 0.0602. The summed E-state index contributed by atoms with van der Waals surface area (Å²) in [6.45, 7) is 5.17. The van der Waals surface area contributed by atoms with Gasteiger partial charge >= 0.3 is 0 Å². The molecule has 6 heteroatoms. The van der Waals surface area contributed by atoms with Crippen molar-refractivity contribution in [3.63, 3.8) is 0 Å². The van der Waals surface area contributed by atoms with E-state index in [4.69, 9.17) is 0 Å². The van der Waals surface area contributed by atoms with Crippen molar-refractivity contribution in [1.29, 1.82) is 0 Å². The second-order valence-corrected chi connectivity index (χ2v) is 4.69. The van der Waals surface area contributed by atoms with Crippen LogP contribution in [0.1, 0.15) is 0 Å². The third-order valence-corrected chi connectivity index (χ3v) is 3.30. The zero-order valence-electron chi connectivity index (χ0n) is 8.66. The molecule has 2 heterocycles. The van der Waals surface area contributed by atoms with Crippen LogP contribution in [0.4, 0.5) is 0 Å². The lowest BCUT2D eigenvalue weighted by molar-refractivity contribution is -0.120. The van der Waals surface area contributed by atoms with Crippen LogP contribution in [0.2, 0.25) is 0 Å². The molecule has 2 aliphatic rings.